The summed E-state index contributed by atoms with van der Waals surface area (Å²) in [5.74, 6) is 0.443. The molecular weight excluding hydrogens is 1000 g/mol. The average Bonchev–Trinajstić information content (AvgIpc) is 3.90. The molecule has 0 saturated heterocycles. The SMILES string of the molecule is [2H]c1c([2H])c([2H])c2c(c1[2H])B1N(c3cccc(Oc4[c-]c(-n5[c](=[Pt])n(-c6c(-c7ccccc7)cccc6-c6cccc(C(C)(C)C)c6)c6ccccc65)ccc4C([2H])([2H])[2H])n3)c3[c-]cccc3N1c1ccccc1-2. The summed E-state index contributed by atoms with van der Waals surface area (Å²) >= 11 is 2.36. The van der Waals surface area contributed by atoms with Gasteiger partial charge in [0.2, 0.25) is 0 Å². The summed E-state index contributed by atoms with van der Waals surface area (Å²) in [6.45, 7) is 3.28. The summed E-state index contributed by atoms with van der Waals surface area (Å²) in [4.78, 5) is 9.00. The molecule has 0 spiro atoms. The third-order valence-electron chi connectivity index (χ3n) is 12.6. The van der Waals surface area contributed by atoms with Crippen LogP contribution in [0.3, 0.4) is 0 Å². The normalized spacial score (nSPS) is 14.5. The van der Waals surface area contributed by atoms with Crippen molar-refractivity contribution >= 4 is 46.4 Å². The van der Waals surface area contributed by atoms with Gasteiger partial charge < -0.3 is 0 Å². The maximum atomic E-state index is 9.31. The fourth-order valence-electron chi connectivity index (χ4n) is 9.51. The summed E-state index contributed by atoms with van der Waals surface area (Å²) in [6.07, 6.45) is 0. The molecule has 2 aliphatic rings. The van der Waals surface area contributed by atoms with Crippen molar-refractivity contribution in [2.45, 2.75) is 33.0 Å². The van der Waals surface area contributed by atoms with E-state index in [4.69, 9.17) is 17.9 Å². The molecule has 10 aromatic rings. The van der Waals surface area contributed by atoms with E-state index in [0.29, 0.717) is 33.8 Å². The summed E-state index contributed by atoms with van der Waals surface area (Å²) in [7, 11) is 0. The zero-order valence-electron chi connectivity index (χ0n) is 43.7. The number of nitrogens with zero attached hydrogens (tertiary/aromatic N) is 5. The van der Waals surface area contributed by atoms with Gasteiger partial charge in [-0.2, -0.15) is 12.1 Å². The van der Waals surface area contributed by atoms with E-state index in [1.807, 2.05) is 77.6 Å². The third kappa shape index (κ3) is 6.83. The van der Waals surface area contributed by atoms with E-state index in [1.54, 1.807) is 36.4 Å². The van der Waals surface area contributed by atoms with Crippen molar-refractivity contribution in [3.63, 3.8) is 0 Å². The van der Waals surface area contributed by atoms with E-state index in [0.717, 1.165) is 54.2 Å². The number of fused-ring (bicyclic) bond motifs is 9. The summed E-state index contributed by atoms with van der Waals surface area (Å²) in [5, 5.41) is 0. The van der Waals surface area contributed by atoms with Crippen LogP contribution in [-0.4, -0.2) is 21.1 Å². The standard InChI is InChI=1S/C59H44BN5O.Pt/c1-40-35-36-44(62-39-63(52-30-13-12-29-51(52)62)58-45(41-19-6-5-7-20-41)25-17-26-46(58)42-21-16-22-43(37-42)59(2,3)4)38-55(40)66-57-34-18-33-56(61-57)65-54-32-15-14-31-53(54)64-50-28-11-9-24-48(50)47-23-8-10-27-49(47)60(64)65;/h5-31,33-37H,1-4H3;/q-2;/i1D3,8D,10D,23D,27D;. The second-order valence-corrected chi connectivity index (χ2v) is 18.7. The van der Waals surface area contributed by atoms with Crippen LogP contribution in [0.2, 0.25) is 0 Å². The molecule has 2 aromatic heterocycles. The minimum atomic E-state index is -2.59. The van der Waals surface area contributed by atoms with Crippen molar-refractivity contribution < 1.29 is 33.7 Å². The van der Waals surface area contributed by atoms with Gasteiger partial charge in [0.15, 0.2) is 0 Å². The van der Waals surface area contributed by atoms with Gasteiger partial charge in [0.05, 0.1) is 5.48 Å². The number of hydrogen-bond acceptors (Lipinski definition) is 4. The molecule has 67 heavy (non-hydrogen) atoms. The predicted molar refractivity (Wildman–Crippen MR) is 270 cm³/mol. The number of ether oxygens (including phenoxy) is 1. The molecule has 8 heteroatoms. The van der Waals surface area contributed by atoms with Gasteiger partial charge in [-0.1, -0.05) is 42.4 Å². The second kappa shape index (κ2) is 16.1. The molecule has 8 aromatic carbocycles. The molecule has 0 fully saturated rings. The molecular formula is C59H44BN5OPt-2. The zero-order valence-corrected chi connectivity index (χ0v) is 39.0. The Morgan fingerprint density at radius 2 is 1.36 bits per heavy atom. The van der Waals surface area contributed by atoms with Gasteiger partial charge in [-0.25, -0.2) is 0 Å². The first-order valence-electron chi connectivity index (χ1n) is 25.6. The Kier molecular flexibility index (Phi) is 8.18. The molecule has 0 unspecified atom stereocenters. The molecule has 0 amide bonds. The quantitative estimate of drug-likeness (QED) is 0.118. The number of benzene rings is 8. The smallest absolute Gasteiger partial charge is 0.175 e. The molecule has 326 valence electrons. The van der Waals surface area contributed by atoms with Crippen molar-refractivity contribution in [2.24, 2.45) is 0 Å². The minimum absolute atomic E-state index is 0.0296. The Morgan fingerprint density at radius 1 is 0.657 bits per heavy atom. The van der Waals surface area contributed by atoms with Gasteiger partial charge in [-0.3, -0.25) is 0 Å². The number of anilines is 4. The Labute approximate surface area is 412 Å². The molecule has 12 rings (SSSR count). The zero-order chi connectivity index (χ0) is 51.4. The van der Waals surface area contributed by atoms with Gasteiger partial charge >= 0.3 is 325 Å². The van der Waals surface area contributed by atoms with Gasteiger partial charge in [0.25, 0.3) is 0 Å². The van der Waals surface area contributed by atoms with Crippen molar-refractivity contribution in [3.8, 4) is 56.4 Å². The van der Waals surface area contributed by atoms with E-state index in [2.05, 4.69) is 127 Å². The fraction of sp³-hybridized carbons (Fsp3) is 0.0847. The first-order valence-corrected chi connectivity index (χ1v) is 23.2. The molecule has 0 saturated carbocycles. The number of imidazole rings is 1. The van der Waals surface area contributed by atoms with Crippen LogP contribution in [0.15, 0.2) is 194 Å². The first kappa shape index (κ1) is 33.9. The summed E-state index contributed by atoms with van der Waals surface area (Å²) in [6, 6.07) is 61.3. The molecule has 0 bridgehead atoms. The Balaban J connectivity index is 1.01. The van der Waals surface area contributed by atoms with Crippen molar-refractivity contribution in [1.29, 1.82) is 0 Å². The third-order valence-corrected chi connectivity index (χ3v) is 13.6. The summed E-state index contributed by atoms with van der Waals surface area (Å²) < 4.78 is 73.7. The van der Waals surface area contributed by atoms with E-state index >= 15 is 0 Å². The molecule has 0 aliphatic carbocycles. The molecule has 0 radical (unpaired) electrons. The van der Waals surface area contributed by atoms with Crippen molar-refractivity contribution in [1.82, 2.24) is 14.1 Å². The number of rotatable bonds is 7. The number of hydrogen-bond donors (Lipinski definition) is 0. The van der Waals surface area contributed by atoms with Gasteiger partial charge in [-0.05, 0) is 11.6 Å². The number of pyridine rings is 1. The molecule has 0 atom stereocenters. The van der Waals surface area contributed by atoms with E-state index in [9.17, 15) is 1.37 Å². The van der Waals surface area contributed by atoms with E-state index < -0.39 is 13.8 Å². The number of para-hydroxylation sites is 5. The minimum Gasteiger partial charge on any atom is -0.175 e. The molecule has 2 aliphatic heterocycles. The van der Waals surface area contributed by atoms with E-state index in [-0.39, 0.29) is 46.8 Å². The predicted octanol–water partition coefficient (Wildman–Crippen LogP) is 13.9. The van der Waals surface area contributed by atoms with Gasteiger partial charge in [0, 0.05) is 11.3 Å². The van der Waals surface area contributed by atoms with Crippen LogP contribution < -0.4 is 19.8 Å². The topological polar surface area (TPSA) is 38.5 Å². The van der Waals surface area contributed by atoms with Crippen LogP contribution in [0.5, 0.6) is 11.6 Å². The fourth-order valence-corrected chi connectivity index (χ4v) is 10.6. The number of aryl methyl sites for hydroxylation is 1. The van der Waals surface area contributed by atoms with Crippen LogP contribution in [0.4, 0.5) is 22.9 Å². The Hall–Kier alpha value is -7.47. The van der Waals surface area contributed by atoms with Crippen molar-refractivity contribution in [3.05, 3.63) is 221 Å². The first-order chi connectivity index (χ1) is 35.6. The molecule has 0 N–H and O–H groups in total. The van der Waals surface area contributed by atoms with Crippen LogP contribution >= 0.6 is 0 Å². The monoisotopic (exact) mass is 1050 g/mol. The molecule has 6 nitrogen and oxygen atoms in total. The Morgan fingerprint density at radius 3 is 2.19 bits per heavy atom. The summed E-state index contributed by atoms with van der Waals surface area (Å²) in [5.41, 5.74) is 12.3. The average molecular weight is 1050 g/mol. The maximum absolute atomic E-state index is 9.31. The van der Waals surface area contributed by atoms with Gasteiger partial charge in [0.1, 0.15) is 0 Å². The second-order valence-electron chi connectivity index (χ2n) is 17.6. The van der Waals surface area contributed by atoms with Crippen LogP contribution in [0, 0.1) is 22.8 Å². The van der Waals surface area contributed by atoms with Gasteiger partial charge in [-0.15, -0.1) is 6.07 Å². The number of aromatic nitrogens is 3. The van der Waals surface area contributed by atoms with Crippen LogP contribution in [0.1, 0.15) is 41.5 Å². The van der Waals surface area contributed by atoms with Crippen LogP contribution in [-0.2, 0) is 24.8 Å². The molecule has 4 heterocycles. The van der Waals surface area contributed by atoms with Crippen molar-refractivity contribution in [2.75, 3.05) is 9.62 Å². The van der Waals surface area contributed by atoms with E-state index in [1.165, 1.54) is 5.56 Å². The Bertz CT molecular complexity index is 3980. The van der Waals surface area contributed by atoms with Crippen LogP contribution in [0.25, 0.3) is 55.8 Å².